The van der Waals surface area contributed by atoms with Crippen molar-refractivity contribution in [3.63, 3.8) is 0 Å². The van der Waals surface area contributed by atoms with Crippen LogP contribution in [0.1, 0.15) is 16.1 Å². The molecule has 0 saturated heterocycles. The first-order valence-electron chi connectivity index (χ1n) is 5.76. The van der Waals surface area contributed by atoms with Crippen LogP contribution in [-0.2, 0) is 11.2 Å². The Kier molecular flexibility index (Phi) is 4.17. The van der Waals surface area contributed by atoms with Crippen LogP contribution in [0, 0.1) is 11.6 Å². The fourth-order valence-electron chi connectivity index (χ4n) is 1.62. The van der Waals surface area contributed by atoms with Crippen molar-refractivity contribution >= 4 is 17.7 Å². The maximum absolute atomic E-state index is 13.4. The molecule has 1 amide bonds. The molecule has 0 unspecified atom stereocenters. The lowest BCUT2D eigenvalue weighted by Gasteiger charge is -2.07. The van der Waals surface area contributed by atoms with Gasteiger partial charge in [-0.15, -0.1) is 0 Å². The first-order valence-corrected chi connectivity index (χ1v) is 5.76. The highest BCUT2D eigenvalue weighted by Crippen LogP contribution is 2.13. The third-order valence-corrected chi connectivity index (χ3v) is 2.54. The molecule has 6 nitrogen and oxygen atoms in total. The lowest BCUT2D eigenvalue weighted by Crippen LogP contribution is -2.19. The molecule has 0 aliphatic carbocycles. The standard InChI is InChI=1S/C13H9F2N3O3/c14-8-3-1-2-7(10(8)15)6-9(19)18-12-11(13(20)21)16-4-5-17-12/h1-5H,6H2,(H,20,21)(H,17,18,19). The Morgan fingerprint density at radius 3 is 2.62 bits per heavy atom. The zero-order valence-corrected chi connectivity index (χ0v) is 10.5. The van der Waals surface area contributed by atoms with Crippen LogP contribution in [0.3, 0.4) is 0 Å². The molecule has 2 rings (SSSR count). The fraction of sp³-hybridized carbons (Fsp3) is 0.0769. The summed E-state index contributed by atoms with van der Waals surface area (Å²) in [5.74, 6) is -4.54. The molecule has 1 heterocycles. The molecular weight excluding hydrogens is 284 g/mol. The predicted molar refractivity (Wildman–Crippen MR) is 67.7 cm³/mol. The maximum atomic E-state index is 13.4. The van der Waals surface area contributed by atoms with Gasteiger partial charge >= 0.3 is 5.97 Å². The van der Waals surface area contributed by atoms with Crippen molar-refractivity contribution in [2.24, 2.45) is 0 Å². The van der Waals surface area contributed by atoms with E-state index in [0.717, 1.165) is 12.3 Å². The number of carbonyl (C=O) groups excluding carboxylic acids is 1. The summed E-state index contributed by atoms with van der Waals surface area (Å²) in [6.45, 7) is 0. The van der Waals surface area contributed by atoms with E-state index < -0.39 is 35.6 Å². The third-order valence-electron chi connectivity index (χ3n) is 2.54. The van der Waals surface area contributed by atoms with Crippen molar-refractivity contribution < 1.29 is 23.5 Å². The molecule has 0 aliphatic rings. The van der Waals surface area contributed by atoms with E-state index in [1.54, 1.807) is 0 Å². The number of carboxylic acids is 1. The molecule has 0 bridgehead atoms. The second-order valence-electron chi connectivity index (χ2n) is 4.00. The van der Waals surface area contributed by atoms with Gasteiger partial charge < -0.3 is 10.4 Å². The van der Waals surface area contributed by atoms with Crippen LogP contribution in [0.4, 0.5) is 14.6 Å². The van der Waals surface area contributed by atoms with Gasteiger partial charge in [-0.05, 0) is 6.07 Å². The van der Waals surface area contributed by atoms with Gasteiger partial charge in [-0.2, -0.15) is 0 Å². The van der Waals surface area contributed by atoms with Crippen molar-refractivity contribution in [1.29, 1.82) is 0 Å². The second-order valence-corrected chi connectivity index (χ2v) is 4.00. The number of aromatic nitrogens is 2. The largest absolute Gasteiger partial charge is 0.476 e. The minimum Gasteiger partial charge on any atom is -0.476 e. The number of aromatic carboxylic acids is 1. The Balaban J connectivity index is 2.16. The van der Waals surface area contributed by atoms with Gasteiger partial charge in [0, 0.05) is 18.0 Å². The topological polar surface area (TPSA) is 92.2 Å². The number of rotatable bonds is 4. The normalized spacial score (nSPS) is 10.2. The molecule has 2 aromatic rings. The number of nitrogens with zero attached hydrogens (tertiary/aromatic N) is 2. The second kappa shape index (κ2) is 6.04. The number of anilines is 1. The van der Waals surface area contributed by atoms with E-state index in [4.69, 9.17) is 5.11 Å². The molecule has 0 spiro atoms. The summed E-state index contributed by atoms with van der Waals surface area (Å²) >= 11 is 0. The molecular formula is C13H9F2N3O3. The van der Waals surface area contributed by atoms with Crippen LogP contribution in [0.5, 0.6) is 0 Å². The van der Waals surface area contributed by atoms with Crippen molar-refractivity contribution in [2.75, 3.05) is 5.32 Å². The molecule has 21 heavy (non-hydrogen) atoms. The van der Waals surface area contributed by atoms with E-state index in [2.05, 4.69) is 15.3 Å². The van der Waals surface area contributed by atoms with Crippen LogP contribution < -0.4 is 5.32 Å². The van der Waals surface area contributed by atoms with Crippen LogP contribution in [0.15, 0.2) is 30.6 Å². The van der Waals surface area contributed by atoms with Gasteiger partial charge in [0.2, 0.25) is 5.91 Å². The predicted octanol–water partition coefficient (Wildman–Crippen LogP) is 1.63. The minimum atomic E-state index is -1.37. The lowest BCUT2D eigenvalue weighted by atomic mass is 10.1. The monoisotopic (exact) mass is 293 g/mol. The zero-order chi connectivity index (χ0) is 15.4. The first-order chi connectivity index (χ1) is 9.99. The summed E-state index contributed by atoms with van der Waals surface area (Å²) in [5.41, 5.74) is -0.584. The van der Waals surface area contributed by atoms with E-state index in [1.807, 2.05) is 0 Å². The quantitative estimate of drug-likeness (QED) is 0.894. The highest BCUT2D eigenvalue weighted by Gasteiger charge is 2.17. The van der Waals surface area contributed by atoms with Gasteiger partial charge in [-0.1, -0.05) is 12.1 Å². The van der Waals surface area contributed by atoms with Crippen molar-refractivity contribution in [3.8, 4) is 0 Å². The molecule has 0 fully saturated rings. The summed E-state index contributed by atoms with van der Waals surface area (Å²) in [6.07, 6.45) is 1.90. The summed E-state index contributed by atoms with van der Waals surface area (Å²) in [6, 6.07) is 3.46. The average molecular weight is 293 g/mol. The van der Waals surface area contributed by atoms with Gasteiger partial charge in [0.1, 0.15) is 0 Å². The van der Waals surface area contributed by atoms with Crippen molar-refractivity contribution in [2.45, 2.75) is 6.42 Å². The van der Waals surface area contributed by atoms with E-state index >= 15 is 0 Å². The molecule has 1 aromatic heterocycles. The molecule has 1 aromatic carbocycles. The highest BCUT2D eigenvalue weighted by molar-refractivity contribution is 5.98. The number of hydrogen-bond acceptors (Lipinski definition) is 4. The number of nitrogens with one attached hydrogen (secondary N) is 1. The number of benzene rings is 1. The van der Waals surface area contributed by atoms with E-state index in [1.165, 1.54) is 18.3 Å². The molecule has 2 N–H and O–H groups in total. The summed E-state index contributed by atoms with van der Waals surface area (Å²) in [5, 5.41) is 11.1. The molecule has 0 radical (unpaired) electrons. The summed E-state index contributed by atoms with van der Waals surface area (Å²) in [7, 11) is 0. The first kappa shape index (κ1) is 14.5. The van der Waals surface area contributed by atoms with Crippen LogP contribution >= 0.6 is 0 Å². The van der Waals surface area contributed by atoms with Crippen LogP contribution in [0.2, 0.25) is 0 Å². The van der Waals surface area contributed by atoms with Gasteiger partial charge in [-0.3, -0.25) is 4.79 Å². The third kappa shape index (κ3) is 3.35. The van der Waals surface area contributed by atoms with Gasteiger partial charge in [0.15, 0.2) is 23.1 Å². The molecule has 0 atom stereocenters. The van der Waals surface area contributed by atoms with Crippen molar-refractivity contribution in [1.82, 2.24) is 9.97 Å². The minimum absolute atomic E-state index is 0.145. The Morgan fingerprint density at radius 1 is 1.19 bits per heavy atom. The van der Waals surface area contributed by atoms with Gasteiger partial charge in [-0.25, -0.2) is 23.5 Å². The zero-order valence-electron chi connectivity index (χ0n) is 10.5. The molecule has 8 heteroatoms. The lowest BCUT2D eigenvalue weighted by molar-refractivity contribution is -0.115. The van der Waals surface area contributed by atoms with Gasteiger partial charge in [0.05, 0.1) is 6.42 Å². The van der Waals surface area contributed by atoms with E-state index in [0.29, 0.717) is 0 Å². The number of hydrogen-bond donors (Lipinski definition) is 2. The maximum Gasteiger partial charge on any atom is 0.358 e. The smallest absolute Gasteiger partial charge is 0.358 e. The Morgan fingerprint density at radius 2 is 1.90 bits per heavy atom. The number of halogens is 2. The SMILES string of the molecule is O=C(Cc1cccc(F)c1F)Nc1nccnc1C(=O)O. The fourth-order valence-corrected chi connectivity index (χ4v) is 1.62. The molecule has 0 aliphatic heterocycles. The van der Waals surface area contributed by atoms with Crippen LogP contribution in [0.25, 0.3) is 0 Å². The summed E-state index contributed by atoms with van der Waals surface area (Å²) < 4.78 is 26.5. The molecule has 108 valence electrons. The van der Waals surface area contributed by atoms with E-state index in [-0.39, 0.29) is 11.4 Å². The number of carboxylic acid groups (broad SMARTS) is 1. The van der Waals surface area contributed by atoms with Crippen LogP contribution in [-0.4, -0.2) is 27.0 Å². The number of amides is 1. The Labute approximate surface area is 117 Å². The Bertz CT molecular complexity index is 707. The van der Waals surface area contributed by atoms with Crippen molar-refractivity contribution in [3.05, 3.63) is 53.5 Å². The molecule has 0 saturated carbocycles. The highest BCUT2D eigenvalue weighted by atomic mass is 19.2. The average Bonchev–Trinajstić information content (AvgIpc) is 2.44. The van der Waals surface area contributed by atoms with Gasteiger partial charge in [0.25, 0.3) is 0 Å². The summed E-state index contributed by atoms with van der Waals surface area (Å²) in [4.78, 5) is 29.9. The van der Waals surface area contributed by atoms with E-state index in [9.17, 15) is 18.4 Å². The Hall–Kier alpha value is -2.90. The number of carbonyl (C=O) groups is 2.